The van der Waals surface area contributed by atoms with E-state index in [0.29, 0.717) is 0 Å². The second kappa shape index (κ2) is 1.46. The van der Waals surface area contributed by atoms with Gasteiger partial charge in [-0.05, 0) is 18.8 Å². The molecule has 1 saturated carbocycles. The predicted octanol–water partition coefficient (Wildman–Crippen LogP) is 1.97. The monoisotopic (exact) mass is 82.1 g/mol. The Morgan fingerprint density at radius 2 is 2.17 bits per heavy atom. The molecule has 0 heterocycles. The summed E-state index contributed by atoms with van der Waals surface area (Å²) in [5.74, 6) is 0.880. The van der Waals surface area contributed by atoms with Gasteiger partial charge in [-0.25, -0.2) is 0 Å². The second-order valence-electron chi connectivity index (χ2n) is 1.93. The summed E-state index contributed by atoms with van der Waals surface area (Å²) in [5.41, 5.74) is 0. The lowest BCUT2D eigenvalue weighted by Crippen LogP contribution is -2.05. The summed E-state index contributed by atoms with van der Waals surface area (Å²) in [5, 5.41) is 0. The van der Waals surface area contributed by atoms with E-state index in [1.54, 1.807) is 0 Å². The Morgan fingerprint density at radius 1 is 1.50 bits per heavy atom. The Morgan fingerprint density at radius 3 is 2.17 bits per heavy atom. The van der Waals surface area contributed by atoms with Crippen molar-refractivity contribution in [2.75, 3.05) is 0 Å². The summed E-state index contributed by atoms with van der Waals surface area (Å²) in [7, 11) is 0. The van der Waals surface area contributed by atoms with E-state index in [9.17, 15) is 0 Å². The first-order valence-corrected chi connectivity index (χ1v) is 2.56. The van der Waals surface area contributed by atoms with Crippen molar-refractivity contribution in [2.24, 2.45) is 5.92 Å². The molecule has 0 unspecified atom stereocenters. The lowest BCUT2D eigenvalue weighted by Gasteiger charge is -2.20. The van der Waals surface area contributed by atoms with Crippen LogP contribution in [0.25, 0.3) is 0 Å². The standard InChI is InChI=1S/C6H10/c1-2-6-4-3-5-6/h2,6H,1,3-5H2. The highest BCUT2D eigenvalue weighted by Gasteiger charge is 2.11. The third kappa shape index (κ3) is 0.469. The molecule has 0 spiro atoms. The minimum Gasteiger partial charge on any atom is -0.103 e. The van der Waals surface area contributed by atoms with Crippen LogP contribution in [0.4, 0.5) is 0 Å². The van der Waals surface area contributed by atoms with Gasteiger partial charge < -0.3 is 0 Å². The van der Waals surface area contributed by atoms with Gasteiger partial charge in [0.05, 0.1) is 0 Å². The maximum atomic E-state index is 3.68. The molecule has 0 aromatic heterocycles. The van der Waals surface area contributed by atoms with Crippen LogP contribution in [0.1, 0.15) is 19.3 Å². The van der Waals surface area contributed by atoms with Crippen LogP contribution in [-0.2, 0) is 0 Å². The third-order valence-corrected chi connectivity index (χ3v) is 1.48. The van der Waals surface area contributed by atoms with Gasteiger partial charge in [0.15, 0.2) is 0 Å². The van der Waals surface area contributed by atoms with Crippen LogP contribution in [-0.4, -0.2) is 0 Å². The number of allylic oxidation sites excluding steroid dienone is 1. The smallest absolute Gasteiger partial charge is 0.0236 e. The average Bonchev–Trinajstić information content (AvgIpc) is 1.31. The van der Waals surface area contributed by atoms with Crippen molar-refractivity contribution in [3.8, 4) is 0 Å². The Labute approximate surface area is 38.9 Å². The normalized spacial score (nSPS) is 22.7. The van der Waals surface area contributed by atoms with Crippen molar-refractivity contribution in [1.29, 1.82) is 0 Å². The molecule has 0 N–H and O–H groups in total. The molecule has 0 aliphatic heterocycles. The van der Waals surface area contributed by atoms with Gasteiger partial charge in [-0.1, -0.05) is 12.5 Å². The third-order valence-electron chi connectivity index (χ3n) is 1.48. The minimum atomic E-state index is 0.880. The summed E-state index contributed by atoms with van der Waals surface area (Å²) in [6.07, 6.45) is 6.27. The lowest BCUT2D eigenvalue weighted by molar-refractivity contribution is 0.388. The maximum Gasteiger partial charge on any atom is -0.0236 e. The molecule has 34 valence electrons. The molecule has 0 aromatic carbocycles. The molecule has 0 bridgehead atoms. The molecule has 0 aromatic rings. The number of hydrogen-bond donors (Lipinski definition) is 0. The van der Waals surface area contributed by atoms with Crippen LogP contribution in [0.3, 0.4) is 0 Å². The van der Waals surface area contributed by atoms with E-state index in [4.69, 9.17) is 0 Å². The minimum absolute atomic E-state index is 0.880. The molecule has 0 atom stereocenters. The summed E-state index contributed by atoms with van der Waals surface area (Å²) in [6.45, 7) is 3.68. The van der Waals surface area contributed by atoms with Gasteiger partial charge >= 0.3 is 0 Å². The fourth-order valence-electron chi connectivity index (χ4n) is 0.676. The van der Waals surface area contributed by atoms with E-state index >= 15 is 0 Å². The van der Waals surface area contributed by atoms with Crippen LogP contribution < -0.4 is 0 Å². The average molecular weight is 82.1 g/mol. The summed E-state index contributed by atoms with van der Waals surface area (Å²) >= 11 is 0. The van der Waals surface area contributed by atoms with Crippen molar-refractivity contribution in [3.05, 3.63) is 12.7 Å². The predicted molar refractivity (Wildman–Crippen MR) is 27.5 cm³/mol. The maximum absolute atomic E-state index is 3.68. The van der Waals surface area contributed by atoms with E-state index in [2.05, 4.69) is 12.7 Å². The first-order chi connectivity index (χ1) is 2.93. The number of rotatable bonds is 1. The highest BCUT2D eigenvalue weighted by molar-refractivity contribution is 4.84. The summed E-state index contributed by atoms with van der Waals surface area (Å²) < 4.78 is 0. The molecule has 0 radical (unpaired) electrons. The van der Waals surface area contributed by atoms with E-state index in [0.717, 1.165) is 5.92 Å². The molecule has 0 heteroatoms. The Bertz CT molecular complexity index is 51.1. The van der Waals surface area contributed by atoms with E-state index in [1.165, 1.54) is 19.3 Å². The van der Waals surface area contributed by atoms with Crippen LogP contribution in [0.2, 0.25) is 0 Å². The molecule has 0 amide bonds. The first-order valence-electron chi connectivity index (χ1n) is 2.56. The van der Waals surface area contributed by atoms with Crippen molar-refractivity contribution in [2.45, 2.75) is 19.3 Å². The van der Waals surface area contributed by atoms with Crippen LogP contribution in [0, 0.1) is 5.92 Å². The largest absolute Gasteiger partial charge is 0.103 e. The lowest BCUT2D eigenvalue weighted by atomic mass is 9.86. The first kappa shape index (κ1) is 3.91. The molecule has 0 nitrogen and oxygen atoms in total. The zero-order valence-corrected chi connectivity index (χ0v) is 3.98. The zero-order chi connectivity index (χ0) is 4.41. The fraction of sp³-hybridized carbons (Fsp3) is 0.667. The van der Waals surface area contributed by atoms with Crippen LogP contribution in [0.5, 0.6) is 0 Å². The summed E-state index contributed by atoms with van der Waals surface area (Å²) in [4.78, 5) is 0. The van der Waals surface area contributed by atoms with E-state index in [-0.39, 0.29) is 0 Å². The van der Waals surface area contributed by atoms with Crippen LogP contribution >= 0.6 is 0 Å². The van der Waals surface area contributed by atoms with E-state index in [1.807, 2.05) is 0 Å². The fourth-order valence-corrected chi connectivity index (χ4v) is 0.676. The van der Waals surface area contributed by atoms with Gasteiger partial charge in [-0.2, -0.15) is 0 Å². The topological polar surface area (TPSA) is 0 Å². The zero-order valence-electron chi connectivity index (χ0n) is 3.98. The van der Waals surface area contributed by atoms with Crippen molar-refractivity contribution < 1.29 is 0 Å². The summed E-state index contributed by atoms with van der Waals surface area (Å²) in [6, 6.07) is 0. The quantitative estimate of drug-likeness (QED) is 0.424. The molecular formula is C6H10. The van der Waals surface area contributed by atoms with Gasteiger partial charge in [0, 0.05) is 0 Å². The van der Waals surface area contributed by atoms with Gasteiger partial charge in [0.1, 0.15) is 0 Å². The molecule has 0 saturated heterocycles. The van der Waals surface area contributed by atoms with E-state index < -0.39 is 0 Å². The molecule has 1 fully saturated rings. The molecule has 6 heavy (non-hydrogen) atoms. The second-order valence-corrected chi connectivity index (χ2v) is 1.93. The molecular weight excluding hydrogens is 72.1 g/mol. The van der Waals surface area contributed by atoms with Gasteiger partial charge in [-0.15, -0.1) is 6.58 Å². The van der Waals surface area contributed by atoms with Crippen molar-refractivity contribution in [3.63, 3.8) is 0 Å². The Kier molecular flexibility index (Phi) is 0.952. The van der Waals surface area contributed by atoms with Gasteiger partial charge in [0.25, 0.3) is 0 Å². The van der Waals surface area contributed by atoms with Crippen LogP contribution in [0.15, 0.2) is 12.7 Å². The Hall–Kier alpha value is -0.260. The molecule has 1 aliphatic carbocycles. The molecule has 1 aliphatic rings. The molecule has 1 rings (SSSR count). The highest BCUT2D eigenvalue weighted by Crippen LogP contribution is 2.26. The van der Waals surface area contributed by atoms with Gasteiger partial charge in [0.2, 0.25) is 0 Å². The van der Waals surface area contributed by atoms with Crippen molar-refractivity contribution in [1.82, 2.24) is 0 Å². The number of hydrogen-bond acceptors (Lipinski definition) is 0. The SMILES string of the molecule is C=CC1CCC1. The van der Waals surface area contributed by atoms with Crippen molar-refractivity contribution >= 4 is 0 Å². The van der Waals surface area contributed by atoms with Gasteiger partial charge in [-0.3, -0.25) is 0 Å². The highest BCUT2D eigenvalue weighted by atomic mass is 14.2. The Balaban J connectivity index is 2.16.